The minimum absolute atomic E-state index is 0.0281. The molecule has 0 aromatic heterocycles. The fraction of sp³-hybridized carbons (Fsp3) is 0.833. The van der Waals surface area contributed by atoms with Gasteiger partial charge in [-0.3, -0.25) is 4.79 Å². The van der Waals surface area contributed by atoms with Crippen molar-refractivity contribution in [1.82, 2.24) is 4.90 Å². The largest absolute Gasteiger partial charge is 0.383 e. The molecule has 0 heterocycles. The van der Waals surface area contributed by atoms with Gasteiger partial charge in [0.05, 0.1) is 12.4 Å². The molecule has 0 radical (unpaired) electrons. The van der Waals surface area contributed by atoms with E-state index in [9.17, 15) is 4.79 Å². The molecule has 0 saturated carbocycles. The SMILES string of the molecule is COCCN(C)C(=O)CS. The first kappa shape index (κ1) is 9.78. The number of methoxy groups -OCH3 is 1. The molecule has 0 aliphatic heterocycles. The van der Waals surface area contributed by atoms with E-state index < -0.39 is 0 Å². The van der Waals surface area contributed by atoms with Crippen LogP contribution in [0.1, 0.15) is 0 Å². The molecule has 0 spiro atoms. The number of thiol groups is 1. The lowest BCUT2D eigenvalue weighted by Crippen LogP contribution is -2.30. The summed E-state index contributed by atoms with van der Waals surface area (Å²) in [4.78, 5) is 12.4. The molecule has 0 bridgehead atoms. The smallest absolute Gasteiger partial charge is 0.232 e. The first-order valence-electron chi connectivity index (χ1n) is 3.06. The summed E-state index contributed by atoms with van der Waals surface area (Å²) in [6.07, 6.45) is 0. The summed E-state index contributed by atoms with van der Waals surface area (Å²) in [6.45, 7) is 1.21. The van der Waals surface area contributed by atoms with E-state index in [0.717, 1.165) is 0 Å². The third kappa shape index (κ3) is 3.74. The van der Waals surface area contributed by atoms with Crippen LogP contribution < -0.4 is 0 Å². The highest BCUT2D eigenvalue weighted by Gasteiger charge is 2.03. The van der Waals surface area contributed by atoms with Gasteiger partial charge in [-0.2, -0.15) is 12.6 Å². The van der Waals surface area contributed by atoms with Crippen molar-refractivity contribution in [1.29, 1.82) is 0 Å². The second-order valence-corrected chi connectivity index (χ2v) is 2.28. The van der Waals surface area contributed by atoms with Crippen molar-refractivity contribution in [2.45, 2.75) is 0 Å². The van der Waals surface area contributed by atoms with Gasteiger partial charge in [0.2, 0.25) is 5.91 Å². The van der Waals surface area contributed by atoms with E-state index in [1.54, 1.807) is 19.1 Å². The topological polar surface area (TPSA) is 29.5 Å². The Balaban J connectivity index is 3.41. The predicted octanol–water partition coefficient (Wildman–Crippen LogP) is 0.0210. The molecule has 0 unspecified atom stereocenters. The molecule has 4 heteroatoms. The van der Waals surface area contributed by atoms with Crippen LogP contribution in [0.4, 0.5) is 0 Å². The number of likely N-dealkylation sites (N-methyl/N-ethyl adjacent to an activating group) is 1. The molecule has 0 rings (SSSR count). The van der Waals surface area contributed by atoms with Crippen molar-refractivity contribution in [2.75, 3.05) is 33.1 Å². The van der Waals surface area contributed by atoms with E-state index in [-0.39, 0.29) is 11.7 Å². The van der Waals surface area contributed by atoms with Crippen LogP contribution in [0.2, 0.25) is 0 Å². The van der Waals surface area contributed by atoms with E-state index in [1.165, 1.54) is 0 Å². The molecule has 0 aliphatic carbocycles. The molecule has 0 aromatic carbocycles. The maximum atomic E-state index is 10.8. The summed E-state index contributed by atoms with van der Waals surface area (Å²) in [5.74, 6) is 0.292. The van der Waals surface area contributed by atoms with E-state index >= 15 is 0 Å². The summed E-state index contributed by atoms with van der Waals surface area (Å²) in [5.41, 5.74) is 0. The molecule has 0 saturated heterocycles. The highest BCUT2D eigenvalue weighted by Crippen LogP contribution is 1.86. The molecule has 1 amide bonds. The van der Waals surface area contributed by atoms with Gasteiger partial charge in [0.15, 0.2) is 0 Å². The Morgan fingerprint density at radius 1 is 1.70 bits per heavy atom. The van der Waals surface area contributed by atoms with Gasteiger partial charge in [-0.25, -0.2) is 0 Å². The highest BCUT2D eigenvalue weighted by atomic mass is 32.1. The van der Waals surface area contributed by atoms with Gasteiger partial charge in [0, 0.05) is 20.7 Å². The Kier molecular flexibility index (Phi) is 5.43. The number of hydrogen-bond donors (Lipinski definition) is 1. The van der Waals surface area contributed by atoms with Crippen LogP contribution in [0.3, 0.4) is 0 Å². The average Bonchev–Trinajstić information content (AvgIpc) is 1.98. The van der Waals surface area contributed by atoms with Crippen molar-refractivity contribution in [3.05, 3.63) is 0 Å². The quantitative estimate of drug-likeness (QED) is 0.592. The molecular formula is C6H13NO2S. The Morgan fingerprint density at radius 3 is 2.70 bits per heavy atom. The average molecular weight is 163 g/mol. The lowest BCUT2D eigenvalue weighted by Gasteiger charge is -2.14. The minimum Gasteiger partial charge on any atom is -0.383 e. The van der Waals surface area contributed by atoms with Crippen LogP contribution in [0.25, 0.3) is 0 Å². The van der Waals surface area contributed by atoms with Gasteiger partial charge in [-0.1, -0.05) is 0 Å². The van der Waals surface area contributed by atoms with E-state index in [1.807, 2.05) is 0 Å². The monoisotopic (exact) mass is 163 g/mol. The number of hydrogen-bond acceptors (Lipinski definition) is 3. The zero-order chi connectivity index (χ0) is 7.98. The first-order chi connectivity index (χ1) is 4.72. The first-order valence-corrected chi connectivity index (χ1v) is 3.69. The van der Waals surface area contributed by atoms with Gasteiger partial charge in [0.25, 0.3) is 0 Å². The van der Waals surface area contributed by atoms with Crippen molar-refractivity contribution >= 4 is 18.5 Å². The van der Waals surface area contributed by atoms with Crippen molar-refractivity contribution < 1.29 is 9.53 Å². The van der Waals surface area contributed by atoms with Gasteiger partial charge < -0.3 is 9.64 Å². The van der Waals surface area contributed by atoms with Crippen molar-refractivity contribution in [3.8, 4) is 0 Å². The zero-order valence-corrected chi connectivity index (χ0v) is 7.23. The maximum absolute atomic E-state index is 10.8. The molecule has 0 N–H and O–H groups in total. The lowest BCUT2D eigenvalue weighted by molar-refractivity contribution is -0.127. The Hall–Kier alpha value is -0.220. The molecule has 60 valence electrons. The standard InChI is InChI=1S/C6H13NO2S/c1-7(3-4-9-2)6(8)5-10/h10H,3-5H2,1-2H3. The van der Waals surface area contributed by atoms with Crippen molar-refractivity contribution in [3.63, 3.8) is 0 Å². The highest BCUT2D eigenvalue weighted by molar-refractivity contribution is 7.81. The molecule has 0 aliphatic rings. The number of ether oxygens (including phenoxy) is 1. The third-order valence-corrected chi connectivity index (χ3v) is 1.46. The predicted molar refractivity (Wildman–Crippen MR) is 43.4 cm³/mol. The number of nitrogens with zero attached hydrogens (tertiary/aromatic N) is 1. The molecule has 3 nitrogen and oxygen atoms in total. The Labute approximate surface area is 66.8 Å². The summed E-state index contributed by atoms with van der Waals surface area (Å²) in [6, 6.07) is 0. The fourth-order valence-corrected chi connectivity index (χ4v) is 0.715. The van der Waals surface area contributed by atoms with Crippen LogP contribution in [-0.2, 0) is 9.53 Å². The lowest BCUT2D eigenvalue weighted by atomic mass is 10.5. The van der Waals surface area contributed by atoms with Crippen molar-refractivity contribution in [2.24, 2.45) is 0 Å². The number of carbonyl (C=O) groups excluding carboxylic acids is 1. The molecule has 0 atom stereocenters. The molecule has 0 fully saturated rings. The summed E-state index contributed by atoms with van der Waals surface area (Å²) >= 11 is 3.84. The minimum atomic E-state index is 0.0281. The second kappa shape index (κ2) is 5.56. The Morgan fingerprint density at radius 2 is 2.30 bits per heavy atom. The van der Waals surface area contributed by atoms with E-state index in [0.29, 0.717) is 13.2 Å². The summed E-state index contributed by atoms with van der Waals surface area (Å²) in [7, 11) is 3.34. The summed E-state index contributed by atoms with van der Waals surface area (Å²) < 4.78 is 4.79. The number of carbonyl (C=O) groups is 1. The summed E-state index contributed by atoms with van der Waals surface area (Å²) in [5, 5.41) is 0. The molecule has 0 aromatic rings. The van der Waals surface area contributed by atoms with Gasteiger partial charge in [-0.15, -0.1) is 0 Å². The third-order valence-electron chi connectivity index (χ3n) is 1.19. The van der Waals surface area contributed by atoms with Gasteiger partial charge in [0.1, 0.15) is 0 Å². The fourth-order valence-electron chi connectivity index (χ4n) is 0.474. The number of amides is 1. The van der Waals surface area contributed by atoms with E-state index in [4.69, 9.17) is 4.74 Å². The van der Waals surface area contributed by atoms with Crippen LogP contribution >= 0.6 is 12.6 Å². The van der Waals surface area contributed by atoms with Gasteiger partial charge >= 0.3 is 0 Å². The van der Waals surface area contributed by atoms with Gasteiger partial charge in [-0.05, 0) is 0 Å². The molecule has 10 heavy (non-hydrogen) atoms. The van der Waals surface area contributed by atoms with Crippen LogP contribution in [0.15, 0.2) is 0 Å². The second-order valence-electron chi connectivity index (χ2n) is 1.97. The van der Waals surface area contributed by atoms with Crippen LogP contribution in [0.5, 0.6) is 0 Å². The number of rotatable bonds is 4. The van der Waals surface area contributed by atoms with E-state index in [2.05, 4.69) is 12.6 Å². The zero-order valence-electron chi connectivity index (χ0n) is 6.33. The van der Waals surface area contributed by atoms with Crippen LogP contribution in [0, 0.1) is 0 Å². The Bertz CT molecular complexity index is 108. The maximum Gasteiger partial charge on any atom is 0.232 e. The molecular weight excluding hydrogens is 150 g/mol. The normalized spacial score (nSPS) is 9.50. The van der Waals surface area contributed by atoms with Crippen LogP contribution in [-0.4, -0.2) is 43.9 Å².